The van der Waals surface area contributed by atoms with Gasteiger partial charge in [-0.25, -0.2) is 0 Å². The number of anilines is 1. The van der Waals surface area contributed by atoms with Crippen molar-refractivity contribution in [3.8, 4) is 0 Å². The van der Waals surface area contributed by atoms with Crippen LogP contribution in [0.2, 0.25) is 0 Å². The number of nitrogen functional groups attached to an aromatic ring is 1. The number of amides is 1. The Bertz CT molecular complexity index is 585. The van der Waals surface area contributed by atoms with Gasteiger partial charge in [-0.15, -0.1) is 0 Å². The zero-order valence-electron chi connectivity index (χ0n) is 12.1. The molecule has 0 saturated heterocycles. The molecule has 0 spiro atoms. The molecule has 1 aromatic carbocycles. The van der Waals surface area contributed by atoms with Gasteiger partial charge < -0.3 is 15.1 Å². The van der Waals surface area contributed by atoms with Crippen LogP contribution in [0.3, 0.4) is 0 Å². The molecule has 0 bridgehead atoms. The Labute approximate surface area is 119 Å². The number of furan rings is 1. The summed E-state index contributed by atoms with van der Waals surface area (Å²) in [6.45, 7) is 6.39. The van der Waals surface area contributed by atoms with Crippen molar-refractivity contribution in [1.29, 1.82) is 0 Å². The molecular formula is C16H20N2O2. The second-order valence-corrected chi connectivity index (χ2v) is 5.21. The third-order valence-corrected chi connectivity index (χ3v) is 3.19. The second kappa shape index (κ2) is 5.82. The average Bonchev–Trinajstić information content (AvgIpc) is 2.83. The molecular weight excluding hydrogens is 252 g/mol. The van der Waals surface area contributed by atoms with E-state index in [9.17, 15) is 4.79 Å². The molecule has 4 heteroatoms. The van der Waals surface area contributed by atoms with E-state index in [0.29, 0.717) is 12.1 Å². The number of hydrogen-bond donors (Lipinski definition) is 1. The van der Waals surface area contributed by atoms with Crippen molar-refractivity contribution < 1.29 is 9.21 Å². The monoisotopic (exact) mass is 272 g/mol. The largest absolute Gasteiger partial charge is 0.469 e. The predicted molar refractivity (Wildman–Crippen MR) is 79.3 cm³/mol. The number of nitrogens with zero attached hydrogens (tertiary/aromatic N) is 1. The van der Waals surface area contributed by atoms with E-state index in [1.807, 2.05) is 49.9 Å². The summed E-state index contributed by atoms with van der Waals surface area (Å²) >= 11 is 0. The highest BCUT2D eigenvalue weighted by molar-refractivity contribution is 5.94. The fourth-order valence-electron chi connectivity index (χ4n) is 2.03. The van der Waals surface area contributed by atoms with E-state index in [0.717, 1.165) is 17.0 Å². The molecule has 0 unspecified atom stereocenters. The van der Waals surface area contributed by atoms with Crippen molar-refractivity contribution in [3.05, 3.63) is 53.5 Å². The Morgan fingerprint density at radius 3 is 2.45 bits per heavy atom. The average molecular weight is 272 g/mol. The van der Waals surface area contributed by atoms with Crippen LogP contribution in [0.1, 0.15) is 35.5 Å². The van der Waals surface area contributed by atoms with Crippen molar-refractivity contribution in [3.63, 3.8) is 0 Å². The maximum absolute atomic E-state index is 12.5. The van der Waals surface area contributed by atoms with Crippen molar-refractivity contribution in [2.24, 2.45) is 0 Å². The summed E-state index contributed by atoms with van der Waals surface area (Å²) in [6, 6.07) is 9.45. The molecule has 0 aliphatic rings. The van der Waals surface area contributed by atoms with Gasteiger partial charge in [0.25, 0.3) is 5.91 Å². The summed E-state index contributed by atoms with van der Waals surface area (Å²) < 4.78 is 5.22. The summed E-state index contributed by atoms with van der Waals surface area (Å²) in [7, 11) is 0. The molecule has 2 rings (SSSR count). The Morgan fingerprint density at radius 2 is 1.95 bits per heavy atom. The lowest BCUT2D eigenvalue weighted by Crippen LogP contribution is -2.36. The first-order chi connectivity index (χ1) is 9.47. The maximum Gasteiger partial charge on any atom is 0.257 e. The maximum atomic E-state index is 12.5. The quantitative estimate of drug-likeness (QED) is 0.869. The summed E-state index contributed by atoms with van der Waals surface area (Å²) in [6.07, 6.45) is 1.51. The molecule has 0 saturated carbocycles. The minimum atomic E-state index is -0.0197. The molecule has 0 atom stereocenters. The first kappa shape index (κ1) is 14.2. The highest BCUT2D eigenvalue weighted by atomic mass is 16.3. The van der Waals surface area contributed by atoms with E-state index in [2.05, 4.69) is 0 Å². The van der Waals surface area contributed by atoms with E-state index in [-0.39, 0.29) is 11.9 Å². The Hall–Kier alpha value is -2.23. The summed E-state index contributed by atoms with van der Waals surface area (Å²) in [5, 5.41) is 0. The molecule has 2 N–H and O–H groups in total. The Kier molecular flexibility index (Phi) is 4.13. The highest BCUT2D eigenvalue weighted by Gasteiger charge is 2.20. The highest BCUT2D eigenvalue weighted by Crippen LogP contribution is 2.16. The van der Waals surface area contributed by atoms with Crippen LogP contribution in [0.5, 0.6) is 0 Å². The lowest BCUT2D eigenvalue weighted by Gasteiger charge is -2.26. The van der Waals surface area contributed by atoms with Crippen molar-refractivity contribution in [1.82, 2.24) is 4.90 Å². The molecule has 0 radical (unpaired) electrons. The number of carbonyl (C=O) groups is 1. The standard InChI is InChI=1S/C16H20N2O2/c1-11(2)18(9-13-4-6-15(17)7-5-13)16(19)14-8-12(3)20-10-14/h4-8,10-11H,9,17H2,1-3H3. The fourth-order valence-corrected chi connectivity index (χ4v) is 2.03. The molecule has 106 valence electrons. The van der Waals surface area contributed by atoms with E-state index in [4.69, 9.17) is 10.2 Å². The Morgan fingerprint density at radius 1 is 1.30 bits per heavy atom. The van der Waals surface area contributed by atoms with Gasteiger partial charge in [-0.3, -0.25) is 4.79 Å². The van der Waals surface area contributed by atoms with Crippen LogP contribution < -0.4 is 5.73 Å². The first-order valence-corrected chi connectivity index (χ1v) is 6.68. The zero-order valence-corrected chi connectivity index (χ0v) is 12.1. The zero-order chi connectivity index (χ0) is 14.7. The van der Waals surface area contributed by atoms with Crippen LogP contribution in [0, 0.1) is 6.92 Å². The van der Waals surface area contributed by atoms with Crippen LogP contribution in [0.4, 0.5) is 5.69 Å². The van der Waals surface area contributed by atoms with Crippen LogP contribution in [-0.2, 0) is 6.54 Å². The smallest absolute Gasteiger partial charge is 0.257 e. The second-order valence-electron chi connectivity index (χ2n) is 5.21. The predicted octanol–water partition coefficient (Wildman–Crippen LogP) is 3.22. The molecule has 0 aliphatic carbocycles. The summed E-state index contributed by atoms with van der Waals surface area (Å²) in [5.41, 5.74) is 8.05. The van der Waals surface area contributed by atoms with Crippen molar-refractivity contribution in [2.45, 2.75) is 33.4 Å². The van der Waals surface area contributed by atoms with E-state index >= 15 is 0 Å². The molecule has 1 amide bonds. The summed E-state index contributed by atoms with van der Waals surface area (Å²) in [5.74, 6) is 0.721. The Balaban J connectivity index is 2.19. The van der Waals surface area contributed by atoms with Crippen molar-refractivity contribution >= 4 is 11.6 Å². The van der Waals surface area contributed by atoms with Gasteiger partial charge in [-0.2, -0.15) is 0 Å². The minimum Gasteiger partial charge on any atom is -0.469 e. The van der Waals surface area contributed by atoms with Gasteiger partial charge in [-0.1, -0.05) is 12.1 Å². The van der Waals surface area contributed by atoms with Crippen LogP contribution in [0.15, 0.2) is 41.0 Å². The fraction of sp³-hybridized carbons (Fsp3) is 0.312. The molecule has 0 aliphatic heterocycles. The number of rotatable bonds is 4. The number of hydrogen-bond acceptors (Lipinski definition) is 3. The molecule has 20 heavy (non-hydrogen) atoms. The summed E-state index contributed by atoms with van der Waals surface area (Å²) in [4.78, 5) is 14.3. The molecule has 1 heterocycles. The number of nitrogens with two attached hydrogens (primary N) is 1. The normalized spacial score (nSPS) is 10.8. The minimum absolute atomic E-state index is 0.0197. The number of aryl methyl sites for hydroxylation is 1. The topological polar surface area (TPSA) is 59.5 Å². The van der Waals surface area contributed by atoms with Gasteiger partial charge in [0.15, 0.2) is 0 Å². The molecule has 2 aromatic rings. The van der Waals surface area contributed by atoms with Crippen LogP contribution in [-0.4, -0.2) is 16.8 Å². The molecule has 0 fully saturated rings. The van der Waals surface area contributed by atoms with Gasteiger partial charge in [0.05, 0.1) is 5.56 Å². The lowest BCUT2D eigenvalue weighted by molar-refractivity contribution is 0.0689. The third kappa shape index (κ3) is 3.20. The van der Waals surface area contributed by atoms with Gasteiger partial charge in [0.2, 0.25) is 0 Å². The van der Waals surface area contributed by atoms with E-state index in [1.54, 1.807) is 6.07 Å². The third-order valence-electron chi connectivity index (χ3n) is 3.19. The number of benzene rings is 1. The molecule has 4 nitrogen and oxygen atoms in total. The molecule has 1 aromatic heterocycles. The SMILES string of the molecule is Cc1cc(C(=O)N(Cc2ccc(N)cc2)C(C)C)co1. The van der Waals surface area contributed by atoms with Crippen LogP contribution in [0.25, 0.3) is 0 Å². The lowest BCUT2D eigenvalue weighted by atomic mass is 10.1. The van der Waals surface area contributed by atoms with Gasteiger partial charge >= 0.3 is 0 Å². The van der Waals surface area contributed by atoms with Crippen molar-refractivity contribution in [2.75, 3.05) is 5.73 Å². The first-order valence-electron chi connectivity index (χ1n) is 6.68. The van der Waals surface area contributed by atoms with Gasteiger partial charge in [0.1, 0.15) is 12.0 Å². The van der Waals surface area contributed by atoms with Gasteiger partial charge in [-0.05, 0) is 44.5 Å². The van der Waals surface area contributed by atoms with E-state index in [1.165, 1.54) is 6.26 Å². The van der Waals surface area contributed by atoms with E-state index < -0.39 is 0 Å². The number of carbonyl (C=O) groups excluding carboxylic acids is 1. The van der Waals surface area contributed by atoms with Crippen LogP contribution >= 0.6 is 0 Å². The van der Waals surface area contributed by atoms with Gasteiger partial charge in [0, 0.05) is 18.3 Å².